The number of ether oxygens (including phenoxy) is 1. The van der Waals surface area contributed by atoms with Crippen molar-refractivity contribution in [2.45, 2.75) is 13.0 Å². The number of urea groups is 1. The minimum Gasteiger partial charge on any atom is -0.370 e. The highest BCUT2D eigenvalue weighted by atomic mass is 16.5. The molecule has 1 aromatic heterocycles. The molecule has 114 valence electrons. The minimum absolute atomic E-state index is 0.0744. The predicted octanol–water partition coefficient (Wildman–Crippen LogP) is 3.00. The van der Waals surface area contributed by atoms with Gasteiger partial charge in [0, 0.05) is 12.7 Å². The topological polar surface area (TPSA) is 54.5 Å². The molecule has 1 unspecified atom stereocenters. The van der Waals surface area contributed by atoms with Crippen molar-refractivity contribution in [1.29, 1.82) is 0 Å². The van der Waals surface area contributed by atoms with E-state index < -0.39 is 0 Å². The molecule has 1 fully saturated rings. The number of nitrogens with one attached hydrogen (secondary N) is 1. The molecule has 22 heavy (non-hydrogen) atoms. The normalized spacial score (nSPS) is 18.0. The third kappa shape index (κ3) is 3.26. The maximum Gasteiger partial charge on any atom is 0.322 e. The van der Waals surface area contributed by atoms with E-state index in [4.69, 9.17) is 4.74 Å². The standard InChI is InChI=1S/C17H19N3O2/c1-13-5-2-3-7-15(13)16-12-20(9-10-22-16)17(21)19-14-6-4-8-18-11-14/h2-8,11,16H,9-10,12H2,1H3,(H,19,21). The number of aromatic nitrogens is 1. The Labute approximate surface area is 129 Å². The average molecular weight is 297 g/mol. The second kappa shape index (κ2) is 6.58. The first-order valence-electron chi connectivity index (χ1n) is 7.37. The molecular weight excluding hydrogens is 278 g/mol. The third-order valence-corrected chi connectivity index (χ3v) is 3.80. The zero-order valence-electron chi connectivity index (χ0n) is 12.5. The number of amides is 2. The fourth-order valence-electron chi connectivity index (χ4n) is 2.61. The highest BCUT2D eigenvalue weighted by Gasteiger charge is 2.26. The number of carbonyl (C=O) groups is 1. The zero-order chi connectivity index (χ0) is 15.4. The molecule has 0 saturated carbocycles. The molecule has 1 N–H and O–H groups in total. The van der Waals surface area contributed by atoms with E-state index in [1.165, 1.54) is 5.56 Å². The van der Waals surface area contributed by atoms with E-state index in [0.717, 1.165) is 5.56 Å². The summed E-state index contributed by atoms with van der Waals surface area (Å²) >= 11 is 0. The van der Waals surface area contributed by atoms with Crippen molar-refractivity contribution in [3.63, 3.8) is 0 Å². The molecular formula is C17H19N3O2. The van der Waals surface area contributed by atoms with E-state index in [1.54, 1.807) is 23.4 Å². The predicted molar refractivity (Wildman–Crippen MR) is 84.7 cm³/mol. The minimum atomic E-state index is -0.116. The summed E-state index contributed by atoms with van der Waals surface area (Å²) in [4.78, 5) is 18.1. The maximum atomic E-state index is 12.4. The van der Waals surface area contributed by atoms with Crippen LogP contribution in [0.5, 0.6) is 0 Å². The Bertz CT molecular complexity index is 645. The van der Waals surface area contributed by atoms with Crippen molar-refractivity contribution in [2.75, 3.05) is 25.0 Å². The highest BCUT2D eigenvalue weighted by Crippen LogP contribution is 2.25. The Morgan fingerprint density at radius 1 is 1.32 bits per heavy atom. The van der Waals surface area contributed by atoms with Gasteiger partial charge in [-0.15, -0.1) is 0 Å². The molecule has 1 aliphatic heterocycles. The van der Waals surface area contributed by atoms with Crippen LogP contribution >= 0.6 is 0 Å². The van der Waals surface area contributed by atoms with E-state index in [-0.39, 0.29) is 12.1 Å². The molecule has 0 aliphatic carbocycles. The summed E-state index contributed by atoms with van der Waals surface area (Å²) in [6.45, 7) is 3.75. The first-order valence-corrected chi connectivity index (χ1v) is 7.37. The van der Waals surface area contributed by atoms with Crippen LogP contribution in [-0.2, 0) is 4.74 Å². The lowest BCUT2D eigenvalue weighted by Crippen LogP contribution is -2.44. The van der Waals surface area contributed by atoms with Crippen molar-refractivity contribution in [2.24, 2.45) is 0 Å². The quantitative estimate of drug-likeness (QED) is 0.927. The lowest BCUT2D eigenvalue weighted by atomic mass is 10.0. The summed E-state index contributed by atoms with van der Waals surface area (Å²) in [6.07, 6.45) is 3.24. The fraction of sp³-hybridized carbons (Fsp3) is 0.294. The van der Waals surface area contributed by atoms with Gasteiger partial charge in [0.05, 0.1) is 25.0 Å². The molecule has 2 aromatic rings. The van der Waals surface area contributed by atoms with Crippen LogP contribution in [0, 0.1) is 6.92 Å². The number of rotatable bonds is 2. The van der Waals surface area contributed by atoms with Gasteiger partial charge in [-0.25, -0.2) is 4.79 Å². The number of anilines is 1. The molecule has 3 rings (SSSR count). The van der Waals surface area contributed by atoms with Gasteiger partial charge >= 0.3 is 6.03 Å². The molecule has 1 aliphatic rings. The van der Waals surface area contributed by atoms with Gasteiger partial charge in [-0.1, -0.05) is 24.3 Å². The van der Waals surface area contributed by atoms with E-state index in [1.807, 2.05) is 18.2 Å². The van der Waals surface area contributed by atoms with E-state index >= 15 is 0 Å². The molecule has 0 radical (unpaired) electrons. The third-order valence-electron chi connectivity index (χ3n) is 3.80. The average Bonchev–Trinajstić information content (AvgIpc) is 2.56. The van der Waals surface area contributed by atoms with Gasteiger partial charge in [-0.05, 0) is 30.2 Å². The highest BCUT2D eigenvalue weighted by molar-refractivity contribution is 5.89. The molecule has 2 amide bonds. The zero-order valence-corrected chi connectivity index (χ0v) is 12.5. The number of benzene rings is 1. The lowest BCUT2D eigenvalue weighted by molar-refractivity contribution is -0.0138. The summed E-state index contributed by atoms with van der Waals surface area (Å²) in [5.74, 6) is 0. The molecule has 0 spiro atoms. The molecule has 5 nitrogen and oxygen atoms in total. The van der Waals surface area contributed by atoms with Crippen molar-refractivity contribution >= 4 is 11.7 Å². The first kappa shape index (κ1) is 14.5. The largest absolute Gasteiger partial charge is 0.370 e. The number of morpholine rings is 1. The number of hydrogen-bond donors (Lipinski definition) is 1. The molecule has 0 bridgehead atoms. The van der Waals surface area contributed by atoms with Crippen LogP contribution < -0.4 is 5.32 Å². The summed E-state index contributed by atoms with van der Waals surface area (Å²) in [5.41, 5.74) is 3.02. The second-order valence-corrected chi connectivity index (χ2v) is 5.33. The van der Waals surface area contributed by atoms with Crippen molar-refractivity contribution in [3.05, 3.63) is 59.9 Å². The smallest absolute Gasteiger partial charge is 0.322 e. The molecule has 1 atom stereocenters. The van der Waals surface area contributed by atoms with Crippen molar-refractivity contribution in [3.8, 4) is 0 Å². The fourth-order valence-corrected chi connectivity index (χ4v) is 2.61. The molecule has 1 saturated heterocycles. The van der Waals surface area contributed by atoms with Crippen LogP contribution in [0.15, 0.2) is 48.8 Å². The second-order valence-electron chi connectivity index (χ2n) is 5.33. The Hall–Kier alpha value is -2.40. The van der Waals surface area contributed by atoms with Crippen LogP contribution in [0.3, 0.4) is 0 Å². The van der Waals surface area contributed by atoms with E-state index in [2.05, 4.69) is 29.4 Å². The van der Waals surface area contributed by atoms with Gasteiger partial charge in [0.25, 0.3) is 0 Å². The summed E-state index contributed by atoms with van der Waals surface area (Å²) in [5, 5.41) is 2.87. The molecule has 5 heteroatoms. The van der Waals surface area contributed by atoms with Crippen molar-refractivity contribution < 1.29 is 9.53 Å². The van der Waals surface area contributed by atoms with E-state index in [0.29, 0.717) is 25.4 Å². The Balaban J connectivity index is 1.68. The van der Waals surface area contributed by atoms with E-state index in [9.17, 15) is 4.79 Å². The Morgan fingerprint density at radius 2 is 2.18 bits per heavy atom. The van der Waals surface area contributed by atoms with Crippen LogP contribution in [0.1, 0.15) is 17.2 Å². The Morgan fingerprint density at radius 3 is 2.95 bits per heavy atom. The maximum absolute atomic E-state index is 12.4. The number of pyridine rings is 1. The molecule has 2 heterocycles. The number of nitrogens with zero attached hydrogens (tertiary/aromatic N) is 2. The Kier molecular flexibility index (Phi) is 4.34. The van der Waals surface area contributed by atoms with Crippen LogP contribution in [0.25, 0.3) is 0 Å². The SMILES string of the molecule is Cc1ccccc1C1CN(C(=O)Nc2cccnc2)CCO1. The van der Waals surface area contributed by atoms with Gasteiger partial charge in [0.15, 0.2) is 0 Å². The monoisotopic (exact) mass is 297 g/mol. The summed E-state index contributed by atoms with van der Waals surface area (Å²) in [7, 11) is 0. The summed E-state index contributed by atoms with van der Waals surface area (Å²) < 4.78 is 5.84. The van der Waals surface area contributed by atoms with Crippen LogP contribution in [-0.4, -0.2) is 35.6 Å². The lowest BCUT2D eigenvalue weighted by Gasteiger charge is -2.33. The number of hydrogen-bond acceptors (Lipinski definition) is 3. The number of carbonyl (C=O) groups excluding carboxylic acids is 1. The van der Waals surface area contributed by atoms with Gasteiger partial charge < -0.3 is 15.0 Å². The van der Waals surface area contributed by atoms with Crippen LogP contribution in [0.4, 0.5) is 10.5 Å². The van der Waals surface area contributed by atoms with Gasteiger partial charge in [-0.2, -0.15) is 0 Å². The molecule has 1 aromatic carbocycles. The van der Waals surface area contributed by atoms with Crippen LogP contribution in [0.2, 0.25) is 0 Å². The first-order chi connectivity index (χ1) is 10.7. The summed E-state index contributed by atoms with van der Waals surface area (Å²) in [6, 6.07) is 11.6. The van der Waals surface area contributed by atoms with Gasteiger partial charge in [0.2, 0.25) is 0 Å². The van der Waals surface area contributed by atoms with Gasteiger partial charge in [0.1, 0.15) is 6.10 Å². The van der Waals surface area contributed by atoms with Crippen molar-refractivity contribution in [1.82, 2.24) is 9.88 Å². The van der Waals surface area contributed by atoms with Gasteiger partial charge in [-0.3, -0.25) is 4.98 Å². The number of aryl methyl sites for hydroxylation is 1.